The van der Waals surface area contributed by atoms with Crippen molar-refractivity contribution in [1.82, 2.24) is 20.2 Å². The number of aromatic nitrogens is 2. The van der Waals surface area contributed by atoms with Gasteiger partial charge in [0.05, 0.1) is 11.4 Å². The van der Waals surface area contributed by atoms with Gasteiger partial charge in [0.1, 0.15) is 5.60 Å². The summed E-state index contributed by atoms with van der Waals surface area (Å²) in [5.41, 5.74) is 1.39. The van der Waals surface area contributed by atoms with Crippen LogP contribution in [-0.4, -0.2) is 46.2 Å². The largest absolute Gasteiger partial charge is 0.444 e. The number of nitrogens with zero attached hydrogens (tertiary/aromatic N) is 3. The highest BCUT2D eigenvalue weighted by Crippen LogP contribution is 2.12. The van der Waals surface area contributed by atoms with Crippen LogP contribution >= 0.6 is 0 Å². The third kappa shape index (κ3) is 6.95. The molecule has 1 amide bonds. The van der Waals surface area contributed by atoms with Crippen LogP contribution in [0.5, 0.6) is 0 Å². The average Bonchev–Trinajstić information content (AvgIpc) is 2.44. The zero-order valence-corrected chi connectivity index (χ0v) is 15.2. The lowest BCUT2D eigenvalue weighted by Gasteiger charge is -2.27. The number of ether oxygens (including phenoxy) is 1. The number of aryl methyl sites for hydroxylation is 1. The van der Waals surface area contributed by atoms with Gasteiger partial charge in [0.15, 0.2) is 0 Å². The lowest BCUT2D eigenvalue weighted by atomic mass is 10.2. The van der Waals surface area contributed by atoms with E-state index in [0.29, 0.717) is 19.6 Å². The van der Waals surface area contributed by atoms with Crippen LogP contribution in [0.3, 0.4) is 0 Å². The van der Waals surface area contributed by atoms with Gasteiger partial charge in [0.2, 0.25) is 0 Å². The summed E-state index contributed by atoms with van der Waals surface area (Å²) in [6, 6.07) is 0.0887. The summed E-state index contributed by atoms with van der Waals surface area (Å²) in [6.07, 6.45) is 4.03. The van der Waals surface area contributed by atoms with Crippen molar-refractivity contribution in [2.24, 2.45) is 0 Å². The lowest BCUT2D eigenvalue weighted by Crippen LogP contribution is -2.41. The Bertz CT molecular complexity index is 500. The molecule has 0 bridgehead atoms. The molecule has 0 fully saturated rings. The van der Waals surface area contributed by atoms with Crippen molar-refractivity contribution < 1.29 is 9.53 Å². The number of nitrogens with one attached hydrogen (secondary N) is 1. The maximum absolute atomic E-state index is 12.2. The van der Waals surface area contributed by atoms with Gasteiger partial charge in [0, 0.05) is 38.1 Å². The van der Waals surface area contributed by atoms with E-state index in [1.165, 1.54) is 0 Å². The highest BCUT2D eigenvalue weighted by atomic mass is 16.6. The molecule has 1 aromatic rings. The molecule has 0 radical (unpaired) electrons. The summed E-state index contributed by atoms with van der Waals surface area (Å²) >= 11 is 0. The van der Waals surface area contributed by atoms with Gasteiger partial charge < -0.3 is 15.0 Å². The molecule has 0 spiro atoms. The molecule has 23 heavy (non-hydrogen) atoms. The minimum absolute atomic E-state index is 0.0887. The number of hydrogen-bond donors (Lipinski definition) is 1. The Hall–Kier alpha value is -1.69. The second-order valence-corrected chi connectivity index (χ2v) is 6.67. The number of rotatable bonds is 7. The highest BCUT2D eigenvalue weighted by molar-refractivity contribution is 5.68. The van der Waals surface area contributed by atoms with Gasteiger partial charge in [0.25, 0.3) is 0 Å². The fourth-order valence-corrected chi connectivity index (χ4v) is 2.25. The van der Waals surface area contributed by atoms with Crippen molar-refractivity contribution in [2.45, 2.75) is 59.6 Å². The smallest absolute Gasteiger partial charge is 0.410 e. The van der Waals surface area contributed by atoms with Gasteiger partial charge in [-0.2, -0.15) is 0 Å². The van der Waals surface area contributed by atoms with E-state index < -0.39 is 5.60 Å². The first kappa shape index (κ1) is 19.4. The van der Waals surface area contributed by atoms with E-state index >= 15 is 0 Å². The predicted molar refractivity (Wildman–Crippen MR) is 91.3 cm³/mol. The molecule has 0 aliphatic rings. The number of amides is 1. The molecule has 6 nitrogen and oxygen atoms in total. The monoisotopic (exact) mass is 322 g/mol. The molecular formula is C17H30N4O2. The maximum Gasteiger partial charge on any atom is 0.410 e. The molecule has 1 heterocycles. The zero-order valence-electron chi connectivity index (χ0n) is 15.2. The van der Waals surface area contributed by atoms with Crippen LogP contribution in [0.2, 0.25) is 0 Å². The molecule has 1 N–H and O–H groups in total. The fourth-order valence-electron chi connectivity index (χ4n) is 2.25. The van der Waals surface area contributed by atoms with Crippen LogP contribution in [0, 0.1) is 6.92 Å². The summed E-state index contributed by atoms with van der Waals surface area (Å²) in [4.78, 5) is 22.6. The van der Waals surface area contributed by atoms with Crippen LogP contribution in [0.4, 0.5) is 4.79 Å². The summed E-state index contributed by atoms with van der Waals surface area (Å²) in [5, 5.41) is 3.39. The van der Waals surface area contributed by atoms with E-state index in [2.05, 4.69) is 29.1 Å². The van der Waals surface area contributed by atoms with Crippen LogP contribution in [0.1, 0.15) is 58.5 Å². The first-order valence-electron chi connectivity index (χ1n) is 8.23. The second-order valence-electron chi connectivity index (χ2n) is 6.67. The van der Waals surface area contributed by atoms with E-state index in [1.807, 2.05) is 27.7 Å². The number of carbonyl (C=O) groups is 1. The molecule has 130 valence electrons. The van der Waals surface area contributed by atoms with Crippen LogP contribution in [-0.2, 0) is 4.74 Å². The van der Waals surface area contributed by atoms with E-state index in [-0.39, 0.29) is 12.1 Å². The summed E-state index contributed by atoms with van der Waals surface area (Å²) in [7, 11) is 0. The van der Waals surface area contributed by atoms with Crippen molar-refractivity contribution in [1.29, 1.82) is 0 Å². The first-order valence-corrected chi connectivity index (χ1v) is 8.23. The summed E-state index contributed by atoms with van der Waals surface area (Å²) < 4.78 is 5.45. The Morgan fingerprint density at radius 2 is 1.96 bits per heavy atom. The van der Waals surface area contributed by atoms with Crippen LogP contribution < -0.4 is 5.32 Å². The quantitative estimate of drug-likeness (QED) is 0.835. The van der Waals surface area contributed by atoms with Gasteiger partial charge in [-0.1, -0.05) is 6.92 Å². The molecular weight excluding hydrogens is 292 g/mol. The normalized spacial score (nSPS) is 12.8. The van der Waals surface area contributed by atoms with Crippen molar-refractivity contribution in [3.63, 3.8) is 0 Å². The second kappa shape index (κ2) is 8.82. The minimum Gasteiger partial charge on any atom is -0.444 e. The Labute approximate surface area is 139 Å². The Balaban J connectivity index is 2.52. The fraction of sp³-hybridized carbons (Fsp3) is 0.706. The molecule has 0 aromatic carbocycles. The van der Waals surface area contributed by atoms with Crippen LogP contribution in [0.15, 0.2) is 12.4 Å². The first-order chi connectivity index (χ1) is 10.7. The van der Waals surface area contributed by atoms with Crippen molar-refractivity contribution in [2.75, 3.05) is 19.6 Å². The molecule has 1 unspecified atom stereocenters. The molecule has 1 rings (SSSR count). The van der Waals surface area contributed by atoms with Crippen molar-refractivity contribution >= 4 is 6.09 Å². The van der Waals surface area contributed by atoms with Crippen molar-refractivity contribution in [3.05, 3.63) is 23.8 Å². The zero-order chi connectivity index (χ0) is 17.5. The van der Waals surface area contributed by atoms with Gasteiger partial charge in [-0.3, -0.25) is 9.97 Å². The van der Waals surface area contributed by atoms with E-state index in [1.54, 1.807) is 17.3 Å². The molecule has 1 atom stereocenters. The summed E-state index contributed by atoms with van der Waals surface area (Å²) in [5.74, 6) is 0. The van der Waals surface area contributed by atoms with Gasteiger partial charge in [-0.15, -0.1) is 0 Å². The Morgan fingerprint density at radius 3 is 2.52 bits per heavy atom. The van der Waals surface area contributed by atoms with E-state index in [0.717, 1.165) is 17.8 Å². The van der Waals surface area contributed by atoms with E-state index in [9.17, 15) is 4.79 Å². The number of hydrogen-bond acceptors (Lipinski definition) is 5. The van der Waals surface area contributed by atoms with Gasteiger partial charge in [-0.25, -0.2) is 4.79 Å². The standard InChI is InChI=1S/C17H30N4O2/c1-7-11-21(16(22)23-17(4,5)6)12-10-19-14(3)15-13(2)18-8-9-20-15/h8-9,14,19H,7,10-12H2,1-6H3. The van der Waals surface area contributed by atoms with Gasteiger partial charge in [-0.05, 0) is 41.0 Å². The molecule has 0 aliphatic heterocycles. The van der Waals surface area contributed by atoms with Crippen LogP contribution in [0.25, 0.3) is 0 Å². The predicted octanol–water partition coefficient (Wildman–Crippen LogP) is 3.08. The molecule has 0 aliphatic carbocycles. The lowest BCUT2D eigenvalue weighted by molar-refractivity contribution is 0.0251. The molecule has 6 heteroatoms. The minimum atomic E-state index is -0.472. The third-order valence-corrected chi connectivity index (χ3v) is 3.31. The molecule has 0 saturated heterocycles. The SMILES string of the molecule is CCCN(CCNC(C)c1nccnc1C)C(=O)OC(C)(C)C. The van der Waals surface area contributed by atoms with Gasteiger partial charge >= 0.3 is 6.09 Å². The number of carbonyl (C=O) groups excluding carboxylic acids is 1. The van der Waals surface area contributed by atoms with Crippen molar-refractivity contribution in [3.8, 4) is 0 Å². The topological polar surface area (TPSA) is 67.3 Å². The van der Waals surface area contributed by atoms with E-state index in [4.69, 9.17) is 4.74 Å². The third-order valence-electron chi connectivity index (χ3n) is 3.31. The Morgan fingerprint density at radius 1 is 1.30 bits per heavy atom. The Kier molecular flexibility index (Phi) is 7.42. The maximum atomic E-state index is 12.2. The molecule has 1 aromatic heterocycles. The average molecular weight is 322 g/mol. The summed E-state index contributed by atoms with van der Waals surface area (Å²) in [6.45, 7) is 13.7. The molecule has 0 saturated carbocycles. The highest BCUT2D eigenvalue weighted by Gasteiger charge is 2.21.